The lowest BCUT2D eigenvalue weighted by Gasteiger charge is -2.15. The predicted molar refractivity (Wildman–Crippen MR) is 77.8 cm³/mol. The Morgan fingerprint density at radius 1 is 1.10 bits per heavy atom. The SMILES string of the molecule is O=C1c2ccccc2S(=O)(=O)N1Cc1nc(Cl)ccc1Cl. The number of hydrogen-bond donors (Lipinski definition) is 0. The third-order valence-electron chi connectivity index (χ3n) is 3.09. The molecule has 0 radical (unpaired) electrons. The van der Waals surface area contributed by atoms with Crippen LogP contribution < -0.4 is 0 Å². The molecule has 1 aliphatic rings. The number of carbonyl (C=O) groups excluding carboxylic acids is 1. The van der Waals surface area contributed by atoms with Gasteiger partial charge in [-0.25, -0.2) is 17.7 Å². The topological polar surface area (TPSA) is 67.3 Å². The standard InChI is InChI=1S/C13H8Cl2N2O3S/c14-9-5-6-12(15)16-10(9)7-17-13(18)8-3-1-2-4-11(8)21(17,19)20/h1-6H,7H2. The Labute approximate surface area is 131 Å². The third kappa shape index (κ3) is 2.29. The smallest absolute Gasteiger partial charge is 0.268 e. The van der Waals surface area contributed by atoms with Crippen molar-refractivity contribution in [1.29, 1.82) is 0 Å². The summed E-state index contributed by atoms with van der Waals surface area (Å²) in [7, 11) is -3.88. The van der Waals surface area contributed by atoms with E-state index in [2.05, 4.69) is 4.98 Å². The average molecular weight is 343 g/mol. The number of nitrogens with zero attached hydrogens (tertiary/aromatic N) is 2. The Morgan fingerprint density at radius 3 is 2.52 bits per heavy atom. The van der Waals surface area contributed by atoms with E-state index in [4.69, 9.17) is 23.2 Å². The van der Waals surface area contributed by atoms with Gasteiger partial charge in [-0.15, -0.1) is 0 Å². The zero-order chi connectivity index (χ0) is 15.2. The van der Waals surface area contributed by atoms with E-state index in [0.717, 1.165) is 4.31 Å². The molecule has 1 aliphatic heterocycles. The summed E-state index contributed by atoms with van der Waals surface area (Å²) in [4.78, 5) is 16.2. The molecule has 1 amide bonds. The fourth-order valence-corrected chi connectivity index (χ4v) is 3.95. The summed E-state index contributed by atoms with van der Waals surface area (Å²) in [5.41, 5.74) is 0.379. The van der Waals surface area contributed by atoms with Gasteiger partial charge in [-0.05, 0) is 24.3 Å². The highest BCUT2D eigenvalue weighted by Crippen LogP contribution is 2.32. The number of aromatic nitrogens is 1. The van der Waals surface area contributed by atoms with Gasteiger partial charge in [0.2, 0.25) is 0 Å². The minimum absolute atomic E-state index is 0.00634. The van der Waals surface area contributed by atoms with Gasteiger partial charge in [-0.1, -0.05) is 35.3 Å². The number of rotatable bonds is 2. The van der Waals surface area contributed by atoms with Crippen molar-refractivity contribution in [3.8, 4) is 0 Å². The lowest BCUT2D eigenvalue weighted by Crippen LogP contribution is -2.30. The number of hydrogen-bond acceptors (Lipinski definition) is 4. The molecule has 0 saturated carbocycles. The lowest BCUT2D eigenvalue weighted by molar-refractivity contribution is 0.0864. The lowest BCUT2D eigenvalue weighted by atomic mass is 10.2. The molecule has 0 N–H and O–H groups in total. The van der Waals surface area contributed by atoms with E-state index in [1.807, 2.05) is 0 Å². The average Bonchev–Trinajstić information content (AvgIpc) is 2.64. The van der Waals surface area contributed by atoms with Crippen LogP contribution in [0.4, 0.5) is 0 Å². The zero-order valence-electron chi connectivity index (χ0n) is 10.5. The number of benzene rings is 1. The fraction of sp³-hybridized carbons (Fsp3) is 0.0769. The molecular weight excluding hydrogens is 335 g/mol. The van der Waals surface area contributed by atoms with Crippen molar-refractivity contribution in [2.24, 2.45) is 0 Å². The second kappa shape index (κ2) is 4.98. The Kier molecular flexibility index (Phi) is 3.39. The molecule has 2 aromatic rings. The molecule has 5 nitrogen and oxygen atoms in total. The molecule has 0 unspecified atom stereocenters. The Balaban J connectivity index is 2.05. The molecule has 0 fully saturated rings. The largest absolute Gasteiger partial charge is 0.269 e. The molecular formula is C13H8Cl2N2O3S. The van der Waals surface area contributed by atoms with E-state index in [1.54, 1.807) is 12.1 Å². The molecule has 0 spiro atoms. The Hall–Kier alpha value is -1.63. The molecule has 21 heavy (non-hydrogen) atoms. The molecule has 3 rings (SSSR count). The van der Waals surface area contributed by atoms with Gasteiger partial charge in [0.15, 0.2) is 0 Å². The molecule has 108 valence electrons. The van der Waals surface area contributed by atoms with Crippen molar-refractivity contribution in [3.05, 3.63) is 57.8 Å². The quantitative estimate of drug-likeness (QED) is 0.787. The second-order valence-corrected chi connectivity index (χ2v) is 7.00. The molecule has 0 bridgehead atoms. The highest BCUT2D eigenvalue weighted by molar-refractivity contribution is 7.90. The fourth-order valence-electron chi connectivity index (χ4n) is 2.09. The summed E-state index contributed by atoms with van der Waals surface area (Å²) in [5, 5.41) is 0.425. The molecule has 1 aromatic carbocycles. The first-order chi connectivity index (χ1) is 9.91. The van der Waals surface area contributed by atoms with Crippen LogP contribution in [0.15, 0.2) is 41.3 Å². The minimum atomic E-state index is -3.88. The van der Waals surface area contributed by atoms with Gasteiger partial charge < -0.3 is 0 Å². The van der Waals surface area contributed by atoms with Gasteiger partial charge in [0.1, 0.15) is 10.0 Å². The number of fused-ring (bicyclic) bond motifs is 1. The normalized spacial score (nSPS) is 16.1. The summed E-state index contributed by atoms with van der Waals surface area (Å²) in [6.07, 6.45) is 0. The summed E-state index contributed by atoms with van der Waals surface area (Å²) in [6, 6.07) is 9.05. The molecule has 0 aliphatic carbocycles. The maximum Gasteiger partial charge on any atom is 0.269 e. The van der Waals surface area contributed by atoms with Crippen molar-refractivity contribution >= 4 is 39.1 Å². The van der Waals surface area contributed by atoms with Gasteiger partial charge >= 0.3 is 0 Å². The van der Waals surface area contributed by atoms with Gasteiger partial charge in [-0.2, -0.15) is 0 Å². The highest BCUT2D eigenvalue weighted by atomic mass is 35.5. The van der Waals surface area contributed by atoms with Crippen LogP contribution in [0, 0.1) is 0 Å². The van der Waals surface area contributed by atoms with Crippen molar-refractivity contribution in [3.63, 3.8) is 0 Å². The molecule has 8 heteroatoms. The molecule has 0 atom stereocenters. The van der Waals surface area contributed by atoms with E-state index >= 15 is 0 Å². The van der Waals surface area contributed by atoms with Crippen LogP contribution in [-0.2, 0) is 16.6 Å². The summed E-state index contributed by atoms with van der Waals surface area (Å²) < 4.78 is 25.5. The Bertz CT molecular complexity index is 852. The first-order valence-corrected chi connectivity index (χ1v) is 8.08. The van der Waals surface area contributed by atoms with Gasteiger partial charge in [-0.3, -0.25) is 4.79 Å². The number of amides is 1. The third-order valence-corrected chi connectivity index (χ3v) is 5.43. The van der Waals surface area contributed by atoms with Gasteiger partial charge in [0, 0.05) is 0 Å². The van der Waals surface area contributed by atoms with E-state index in [0.29, 0.717) is 0 Å². The zero-order valence-corrected chi connectivity index (χ0v) is 12.8. The maximum atomic E-state index is 12.4. The number of pyridine rings is 1. The van der Waals surface area contributed by atoms with Crippen LogP contribution in [0.2, 0.25) is 10.2 Å². The van der Waals surface area contributed by atoms with Crippen molar-refractivity contribution in [1.82, 2.24) is 9.29 Å². The van der Waals surface area contributed by atoms with Crippen molar-refractivity contribution in [2.75, 3.05) is 0 Å². The van der Waals surface area contributed by atoms with Gasteiger partial charge in [0.25, 0.3) is 15.9 Å². The van der Waals surface area contributed by atoms with Crippen LogP contribution in [-0.4, -0.2) is 23.6 Å². The van der Waals surface area contributed by atoms with Crippen LogP contribution in [0.25, 0.3) is 0 Å². The van der Waals surface area contributed by atoms with E-state index < -0.39 is 15.9 Å². The van der Waals surface area contributed by atoms with Crippen LogP contribution in [0.1, 0.15) is 16.1 Å². The van der Waals surface area contributed by atoms with Crippen molar-refractivity contribution < 1.29 is 13.2 Å². The maximum absolute atomic E-state index is 12.4. The highest BCUT2D eigenvalue weighted by Gasteiger charge is 2.41. The van der Waals surface area contributed by atoms with Crippen LogP contribution in [0.5, 0.6) is 0 Å². The molecule has 0 saturated heterocycles. The van der Waals surface area contributed by atoms with E-state index in [-0.39, 0.29) is 32.9 Å². The minimum Gasteiger partial charge on any atom is -0.268 e. The van der Waals surface area contributed by atoms with E-state index in [9.17, 15) is 13.2 Å². The number of halogens is 2. The summed E-state index contributed by atoms with van der Waals surface area (Å²) in [6.45, 7) is -0.255. The molecule has 1 aromatic heterocycles. The molecule has 2 heterocycles. The Morgan fingerprint density at radius 2 is 1.81 bits per heavy atom. The second-order valence-electron chi connectivity index (χ2n) is 4.38. The van der Waals surface area contributed by atoms with Gasteiger partial charge in [0.05, 0.1) is 22.8 Å². The van der Waals surface area contributed by atoms with Crippen molar-refractivity contribution in [2.45, 2.75) is 11.4 Å². The first-order valence-electron chi connectivity index (χ1n) is 5.88. The predicted octanol–water partition coefficient (Wildman–Crippen LogP) is 2.73. The monoisotopic (exact) mass is 342 g/mol. The first kappa shape index (κ1) is 14.3. The summed E-state index contributed by atoms with van der Waals surface area (Å²) >= 11 is 11.7. The van der Waals surface area contributed by atoms with E-state index in [1.165, 1.54) is 24.3 Å². The van der Waals surface area contributed by atoms with Crippen LogP contribution >= 0.6 is 23.2 Å². The number of sulfonamides is 1. The van der Waals surface area contributed by atoms with Crippen LogP contribution in [0.3, 0.4) is 0 Å². The number of carbonyl (C=O) groups is 1. The summed E-state index contributed by atoms with van der Waals surface area (Å²) in [5.74, 6) is -0.594.